The summed E-state index contributed by atoms with van der Waals surface area (Å²) in [7, 11) is 0. The summed E-state index contributed by atoms with van der Waals surface area (Å²) >= 11 is 0. The molecule has 0 radical (unpaired) electrons. The maximum atomic E-state index is 8.39. The van der Waals surface area contributed by atoms with E-state index in [9.17, 15) is 0 Å². The summed E-state index contributed by atoms with van der Waals surface area (Å²) in [6.07, 6.45) is 1.21. The van der Waals surface area contributed by atoms with E-state index in [0.717, 1.165) is 17.0 Å². The maximum absolute atomic E-state index is 8.39. The van der Waals surface area contributed by atoms with Gasteiger partial charge in [-0.1, -0.05) is 29.8 Å². The van der Waals surface area contributed by atoms with Crippen molar-refractivity contribution in [3.8, 4) is 5.75 Å². The Hall–Kier alpha value is -2.33. The Bertz CT molecular complexity index is 533. The van der Waals surface area contributed by atoms with Crippen LogP contribution in [0.5, 0.6) is 5.75 Å². The van der Waals surface area contributed by atoms with Crippen molar-refractivity contribution in [2.75, 3.05) is 0 Å². The van der Waals surface area contributed by atoms with Crippen molar-refractivity contribution in [3.05, 3.63) is 59.7 Å². The van der Waals surface area contributed by atoms with E-state index in [2.05, 4.69) is 36.2 Å². The first-order valence-corrected chi connectivity index (χ1v) is 5.98. The molecule has 0 aliphatic rings. The molecule has 0 amide bonds. The zero-order chi connectivity index (χ0) is 13.5. The summed E-state index contributed by atoms with van der Waals surface area (Å²) in [6.45, 7) is 2.60. The van der Waals surface area contributed by atoms with Crippen molar-refractivity contribution in [1.82, 2.24) is 5.48 Å². The average molecular weight is 256 g/mol. The van der Waals surface area contributed by atoms with E-state index in [1.807, 2.05) is 29.7 Å². The summed E-state index contributed by atoms with van der Waals surface area (Å²) in [4.78, 5) is 3.95. The molecular weight excluding hydrogens is 240 g/mol. The summed E-state index contributed by atoms with van der Waals surface area (Å²) in [6, 6.07) is 15.6. The fourth-order valence-electron chi connectivity index (χ4n) is 1.58. The fourth-order valence-corrected chi connectivity index (χ4v) is 1.58. The van der Waals surface area contributed by atoms with Gasteiger partial charge in [-0.05, 0) is 36.8 Å². The number of hydroxylamine groups is 1. The second kappa shape index (κ2) is 6.56. The predicted octanol–water partition coefficient (Wildman–Crippen LogP) is 3.21. The van der Waals surface area contributed by atoms with Crippen molar-refractivity contribution in [2.45, 2.75) is 13.5 Å². The number of hydrogen-bond donors (Lipinski definition) is 2. The van der Waals surface area contributed by atoms with Crippen LogP contribution in [0.3, 0.4) is 0 Å². The molecule has 98 valence electrons. The molecule has 0 spiro atoms. The van der Waals surface area contributed by atoms with Crippen LogP contribution in [0, 0.1) is 6.92 Å². The standard InChI is InChI=1S/C15H16N2O2/c1-12-2-4-13(5-3-12)10-19-15-8-6-14(7-9-15)16-11-17-18/h2-9,11,18H,10H2,1H3,(H,16,17). The second-order valence-corrected chi connectivity index (χ2v) is 4.16. The molecule has 0 atom stereocenters. The lowest BCUT2D eigenvalue weighted by atomic mass is 10.2. The monoisotopic (exact) mass is 256 g/mol. The van der Waals surface area contributed by atoms with Crippen molar-refractivity contribution >= 4 is 12.0 Å². The number of aryl methyl sites for hydroxylation is 1. The molecule has 0 heterocycles. The number of hydrogen-bond acceptors (Lipinski definition) is 3. The quantitative estimate of drug-likeness (QED) is 0.490. The number of nitrogens with one attached hydrogen (secondary N) is 1. The fraction of sp³-hybridized carbons (Fsp3) is 0.133. The van der Waals surface area contributed by atoms with Gasteiger partial charge < -0.3 is 4.74 Å². The molecule has 0 bridgehead atoms. The molecule has 0 unspecified atom stereocenters. The molecule has 0 aliphatic heterocycles. The van der Waals surface area contributed by atoms with E-state index in [4.69, 9.17) is 9.94 Å². The molecule has 2 aromatic carbocycles. The van der Waals surface area contributed by atoms with E-state index in [-0.39, 0.29) is 0 Å². The van der Waals surface area contributed by atoms with Crippen LogP contribution in [0.15, 0.2) is 53.5 Å². The van der Waals surface area contributed by atoms with Crippen LogP contribution in [0.25, 0.3) is 0 Å². The van der Waals surface area contributed by atoms with Gasteiger partial charge in [0.1, 0.15) is 18.7 Å². The van der Waals surface area contributed by atoms with Gasteiger partial charge in [0.05, 0.1) is 5.69 Å². The smallest absolute Gasteiger partial charge is 0.119 e. The van der Waals surface area contributed by atoms with Gasteiger partial charge in [-0.25, -0.2) is 4.99 Å². The third-order valence-electron chi connectivity index (χ3n) is 2.63. The maximum Gasteiger partial charge on any atom is 0.119 e. The van der Waals surface area contributed by atoms with Gasteiger partial charge in [0, 0.05) is 0 Å². The number of rotatable bonds is 5. The average Bonchev–Trinajstić information content (AvgIpc) is 2.46. The van der Waals surface area contributed by atoms with Crippen LogP contribution in [0.1, 0.15) is 11.1 Å². The minimum absolute atomic E-state index is 0.543. The molecule has 0 saturated carbocycles. The van der Waals surface area contributed by atoms with E-state index >= 15 is 0 Å². The van der Waals surface area contributed by atoms with E-state index < -0.39 is 0 Å². The highest BCUT2D eigenvalue weighted by Crippen LogP contribution is 2.18. The second-order valence-electron chi connectivity index (χ2n) is 4.16. The normalized spacial score (nSPS) is 10.6. The van der Waals surface area contributed by atoms with Crippen molar-refractivity contribution in [1.29, 1.82) is 0 Å². The SMILES string of the molecule is Cc1ccc(COc2ccc(N=CNO)cc2)cc1. The minimum Gasteiger partial charge on any atom is -0.489 e. The third kappa shape index (κ3) is 4.12. The van der Waals surface area contributed by atoms with Gasteiger partial charge in [0.15, 0.2) is 0 Å². The summed E-state index contributed by atoms with van der Waals surface area (Å²) < 4.78 is 5.67. The number of ether oxygens (including phenoxy) is 1. The summed E-state index contributed by atoms with van der Waals surface area (Å²) in [5.74, 6) is 0.788. The van der Waals surface area contributed by atoms with Crippen molar-refractivity contribution in [2.24, 2.45) is 4.99 Å². The molecule has 2 aromatic rings. The highest BCUT2D eigenvalue weighted by molar-refractivity contribution is 5.59. The molecule has 2 rings (SSSR count). The highest BCUT2D eigenvalue weighted by Gasteiger charge is 1.96. The number of nitrogens with zero attached hydrogens (tertiary/aromatic N) is 1. The van der Waals surface area contributed by atoms with Crippen molar-refractivity contribution in [3.63, 3.8) is 0 Å². The van der Waals surface area contributed by atoms with Crippen LogP contribution in [-0.2, 0) is 6.61 Å². The van der Waals surface area contributed by atoms with Gasteiger partial charge >= 0.3 is 0 Å². The summed E-state index contributed by atoms with van der Waals surface area (Å²) in [5.41, 5.74) is 4.97. The topological polar surface area (TPSA) is 53.8 Å². The first-order chi connectivity index (χ1) is 9.28. The lowest BCUT2D eigenvalue weighted by Gasteiger charge is -2.06. The Balaban J connectivity index is 1.92. The van der Waals surface area contributed by atoms with Gasteiger partial charge in [-0.2, -0.15) is 0 Å². The molecule has 2 N–H and O–H groups in total. The van der Waals surface area contributed by atoms with E-state index in [1.165, 1.54) is 11.9 Å². The summed E-state index contributed by atoms with van der Waals surface area (Å²) in [5, 5.41) is 8.39. The Morgan fingerprint density at radius 1 is 1.11 bits per heavy atom. The van der Waals surface area contributed by atoms with Crippen LogP contribution in [0.2, 0.25) is 0 Å². The Kier molecular flexibility index (Phi) is 4.53. The first kappa shape index (κ1) is 13.1. The zero-order valence-corrected chi connectivity index (χ0v) is 10.7. The number of aliphatic imine (C=N–C) groups is 1. The lowest BCUT2D eigenvalue weighted by molar-refractivity contribution is 0.240. The van der Waals surface area contributed by atoms with Crippen LogP contribution >= 0.6 is 0 Å². The molecular formula is C15H16N2O2. The van der Waals surface area contributed by atoms with Crippen LogP contribution in [-0.4, -0.2) is 11.5 Å². The molecule has 0 fully saturated rings. The van der Waals surface area contributed by atoms with Crippen LogP contribution in [0.4, 0.5) is 5.69 Å². The predicted molar refractivity (Wildman–Crippen MR) is 75.0 cm³/mol. The first-order valence-electron chi connectivity index (χ1n) is 5.98. The van der Waals surface area contributed by atoms with Gasteiger partial charge in [-0.15, -0.1) is 0 Å². The van der Waals surface area contributed by atoms with E-state index in [0.29, 0.717) is 6.61 Å². The number of benzene rings is 2. The minimum atomic E-state index is 0.543. The largest absolute Gasteiger partial charge is 0.489 e. The zero-order valence-electron chi connectivity index (χ0n) is 10.7. The van der Waals surface area contributed by atoms with Crippen molar-refractivity contribution < 1.29 is 9.94 Å². The Labute approximate surface area is 112 Å². The van der Waals surface area contributed by atoms with Gasteiger partial charge in [0.25, 0.3) is 0 Å². The molecule has 0 aromatic heterocycles. The molecule has 0 saturated heterocycles. The van der Waals surface area contributed by atoms with E-state index in [1.54, 1.807) is 0 Å². The van der Waals surface area contributed by atoms with Crippen LogP contribution < -0.4 is 10.2 Å². The van der Waals surface area contributed by atoms with Gasteiger partial charge in [-0.3, -0.25) is 10.7 Å². The molecule has 19 heavy (non-hydrogen) atoms. The molecule has 4 nitrogen and oxygen atoms in total. The Morgan fingerprint density at radius 3 is 2.42 bits per heavy atom. The molecule has 0 aliphatic carbocycles. The third-order valence-corrected chi connectivity index (χ3v) is 2.63. The highest BCUT2D eigenvalue weighted by atomic mass is 16.5. The Morgan fingerprint density at radius 2 is 1.79 bits per heavy atom. The lowest BCUT2D eigenvalue weighted by Crippen LogP contribution is -2.00. The molecule has 4 heteroatoms. The van der Waals surface area contributed by atoms with Gasteiger partial charge in [0.2, 0.25) is 0 Å².